The molecule has 0 amide bonds. The molecule has 2 unspecified atom stereocenters. The monoisotopic (exact) mass is 582 g/mol. The molecule has 0 N–H and O–H groups in total. The predicted octanol–water partition coefficient (Wildman–Crippen LogP) is 7.40. The fourth-order valence-electron chi connectivity index (χ4n) is 5.65. The molecule has 0 fully saturated rings. The van der Waals surface area contributed by atoms with Gasteiger partial charge >= 0.3 is 0 Å². The van der Waals surface area contributed by atoms with E-state index in [1.165, 1.54) is 0 Å². The second-order valence-corrected chi connectivity index (χ2v) is 20.5. The van der Waals surface area contributed by atoms with Gasteiger partial charge in [-0.15, -0.1) is 0 Å². The molecular weight excluding hydrogens is 549 g/mol. The van der Waals surface area contributed by atoms with Crippen LogP contribution in [0.3, 0.4) is 0 Å². The highest BCUT2D eigenvalue weighted by molar-refractivity contribution is 7.99. The van der Waals surface area contributed by atoms with E-state index in [4.69, 9.17) is 0 Å². The van der Waals surface area contributed by atoms with E-state index in [9.17, 15) is 0 Å². The van der Waals surface area contributed by atoms with Crippen LogP contribution in [0.4, 0.5) is 0 Å². The molecule has 2 atom stereocenters. The molecule has 0 saturated carbocycles. The SMILES string of the molecule is CC(P(=O)(c1ccccc1)c1ccccc1)P(=O)(c1ccccc1)C(C)P(=O)(c1ccccc1)c1ccccc1. The molecule has 0 spiro atoms. The maximum atomic E-state index is 16.1. The van der Waals surface area contributed by atoms with E-state index < -0.39 is 32.2 Å². The smallest absolute Gasteiger partial charge is 0.153 e. The van der Waals surface area contributed by atoms with Crippen molar-refractivity contribution >= 4 is 47.9 Å². The first-order chi connectivity index (χ1) is 19.3. The Hall–Kier alpha value is -3.21. The fraction of sp³-hybridized carbons (Fsp3) is 0.118. The summed E-state index contributed by atoms with van der Waals surface area (Å²) in [6, 6.07) is 46.7. The van der Waals surface area contributed by atoms with Crippen LogP contribution in [0, 0.1) is 0 Å². The zero-order valence-corrected chi connectivity index (χ0v) is 25.3. The van der Waals surface area contributed by atoms with Crippen LogP contribution in [0.1, 0.15) is 13.8 Å². The van der Waals surface area contributed by atoms with E-state index in [0.717, 1.165) is 0 Å². The Balaban J connectivity index is 1.82. The summed E-state index contributed by atoms with van der Waals surface area (Å²) >= 11 is 0. The van der Waals surface area contributed by atoms with Crippen molar-refractivity contribution in [3.8, 4) is 0 Å². The normalized spacial score (nSPS) is 15.1. The summed E-state index contributed by atoms with van der Waals surface area (Å²) in [4.78, 5) is 0. The van der Waals surface area contributed by atoms with E-state index >= 15 is 13.7 Å². The van der Waals surface area contributed by atoms with Crippen LogP contribution >= 0.6 is 21.4 Å². The molecule has 0 bridgehead atoms. The molecule has 5 aromatic rings. The van der Waals surface area contributed by atoms with Gasteiger partial charge < -0.3 is 13.7 Å². The first-order valence-electron chi connectivity index (χ1n) is 13.4. The first-order valence-corrected chi connectivity index (χ1v) is 18.8. The Kier molecular flexibility index (Phi) is 8.30. The molecular formula is C34H33O3P3. The van der Waals surface area contributed by atoms with Gasteiger partial charge in [0.1, 0.15) is 7.14 Å². The van der Waals surface area contributed by atoms with E-state index in [-0.39, 0.29) is 0 Å². The van der Waals surface area contributed by atoms with Crippen LogP contribution < -0.4 is 26.5 Å². The third-order valence-corrected chi connectivity index (χ3v) is 21.6. The van der Waals surface area contributed by atoms with Gasteiger partial charge in [0.15, 0.2) is 14.3 Å². The lowest BCUT2D eigenvalue weighted by molar-refractivity contribution is 0.566. The Labute approximate surface area is 237 Å². The molecule has 5 rings (SSSR count). The molecule has 6 heteroatoms. The number of hydrogen-bond donors (Lipinski definition) is 0. The number of rotatable bonds is 9. The lowest BCUT2D eigenvalue weighted by Gasteiger charge is -2.39. The van der Waals surface area contributed by atoms with Crippen molar-refractivity contribution < 1.29 is 13.7 Å². The van der Waals surface area contributed by atoms with Gasteiger partial charge in [0.25, 0.3) is 0 Å². The summed E-state index contributed by atoms with van der Waals surface area (Å²) < 4.78 is 47.2. The zero-order chi connectivity index (χ0) is 28.2. The minimum absolute atomic E-state index is 0.592. The van der Waals surface area contributed by atoms with Crippen LogP contribution in [0.25, 0.3) is 0 Å². The summed E-state index contributed by atoms with van der Waals surface area (Å²) in [6.45, 7) is 3.68. The minimum atomic E-state index is -3.68. The van der Waals surface area contributed by atoms with Crippen molar-refractivity contribution in [2.75, 3.05) is 0 Å². The minimum Gasteiger partial charge on any atom is -0.317 e. The lowest BCUT2D eigenvalue weighted by atomic mass is 10.4. The van der Waals surface area contributed by atoms with Crippen molar-refractivity contribution in [1.29, 1.82) is 0 Å². The van der Waals surface area contributed by atoms with Crippen LogP contribution in [0.2, 0.25) is 0 Å². The van der Waals surface area contributed by atoms with Gasteiger partial charge in [-0.2, -0.15) is 0 Å². The maximum Gasteiger partial charge on any atom is 0.153 e. The summed E-state index contributed by atoms with van der Waals surface area (Å²) in [5.41, 5.74) is 0. The highest BCUT2D eigenvalue weighted by Gasteiger charge is 2.54. The van der Waals surface area contributed by atoms with Crippen molar-refractivity contribution in [3.05, 3.63) is 152 Å². The van der Waals surface area contributed by atoms with Gasteiger partial charge in [-0.3, -0.25) is 0 Å². The summed E-state index contributed by atoms with van der Waals surface area (Å²) in [5, 5.41) is 1.54. The van der Waals surface area contributed by atoms with Crippen LogP contribution in [0.15, 0.2) is 152 Å². The maximum absolute atomic E-state index is 16.1. The molecule has 0 aliphatic carbocycles. The van der Waals surface area contributed by atoms with Crippen molar-refractivity contribution in [2.24, 2.45) is 0 Å². The molecule has 0 radical (unpaired) electrons. The van der Waals surface area contributed by atoms with Gasteiger partial charge in [0.05, 0.1) is 10.8 Å². The lowest BCUT2D eigenvalue weighted by Crippen LogP contribution is -2.34. The molecule has 0 aromatic heterocycles. The molecule has 0 heterocycles. The Morgan fingerprint density at radius 3 is 0.775 bits per heavy atom. The highest BCUT2D eigenvalue weighted by atomic mass is 31.2. The second-order valence-electron chi connectivity index (χ2n) is 9.97. The molecule has 0 saturated heterocycles. The van der Waals surface area contributed by atoms with E-state index in [1.54, 1.807) is 0 Å². The number of benzene rings is 5. The molecule has 5 aromatic carbocycles. The van der Waals surface area contributed by atoms with Crippen LogP contribution in [0.5, 0.6) is 0 Å². The zero-order valence-electron chi connectivity index (χ0n) is 22.7. The topological polar surface area (TPSA) is 51.2 Å². The Bertz CT molecular complexity index is 1500. The van der Waals surface area contributed by atoms with Crippen molar-refractivity contribution in [2.45, 2.75) is 24.6 Å². The largest absolute Gasteiger partial charge is 0.317 e. The summed E-state index contributed by atoms with van der Waals surface area (Å²) in [7, 11) is -10.7. The van der Waals surface area contributed by atoms with E-state index in [0.29, 0.717) is 26.5 Å². The molecule has 0 aliphatic rings. The molecule has 0 aliphatic heterocycles. The quantitative estimate of drug-likeness (QED) is 0.170. The van der Waals surface area contributed by atoms with Gasteiger partial charge in [0, 0.05) is 26.5 Å². The standard InChI is InChI=1S/C34H33O3P3/c1-28(39(36,31-20-10-4-11-21-31)32-22-12-5-13-23-32)38(35,30-18-8-3-9-19-30)29(2)40(37,33-24-14-6-15-25-33)34-26-16-7-17-27-34/h3-29H,1-2H3. The average Bonchev–Trinajstić information content (AvgIpc) is 3.05. The third kappa shape index (κ3) is 4.82. The molecule has 40 heavy (non-hydrogen) atoms. The van der Waals surface area contributed by atoms with Crippen molar-refractivity contribution in [1.82, 2.24) is 0 Å². The predicted molar refractivity (Wildman–Crippen MR) is 172 cm³/mol. The molecule has 3 nitrogen and oxygen atoms in total. The average molecular weight is 583 g/mol. The number of hydrogen-bond acceptors (Lipinski definition) is 3. The second kappa shape index (κ2) is 11.7. The third-order valence-electron chi connectivity index (χ3n) is 7.88. The van der Waals surface area contributed by atoms with Crippen molar-refractivity contribution in [3.63, 3.8) is 0 Å². The van der Waals surface area contributed by atoms with Gasteiger partial charge in [-0.05, 0) is 13.8 Å². The van der Waals surface area contributed by atoms with Gasteiger partial charge in [-0.25, -0.2) is 0 Å². The van der Waals surface area contributed by atoms with Crippen LogP contribution in [-0.4, -0.2) is 10.8 Å². The summed E-state index contributed by atoms with van der Waals surface area (Å²) in [6.07, 6.45) is 0. The molecule has 202 valence electrons. The Morgan fingerprint density at radius 2 is 0.550 bits per heavy atom. The van der Waals surface area contributed by atoms with E-state index in [1.807, 2.05) is 166 Å². The van der Waals surface area contributed by atoms with Crippen LogP contribution in [-0.2, 0) is 13.7 Å². The summed E-state index contributed by atoms with van der Waals surface area (Å²) in [5.74, 6) is 0. The highest BCUT2D eigenvalue weighted by Crippen LogP contribution is 2.75. The van der Waals surface area contributed by atoms with E-state index in [2.05, 4.69) is 0 Å². The van der Waals surface area contributed by atoms with Gasteiger partial charge in [-0.1, -0.05) is 152 Å². The van der Waals surface area contributed by atoms with Gasteiger partial charge in [0.2, 0.25) is 0 Å². The fourth-order valence-corrected chi connectivity index (χ4v) is 20.3. The first kappa shape index (κ1) is 28.3. The Morgan fingerprint density at radius 1 is 0.350 bits per heavy atom.